The van der Waals surface area contributed by atoms with E-state index in [2.05, 4.69) is 49.8 Å². The predicted molar refractivity (Wildman–Crippen MR) is 131 cm³/mol. The topological polar surface area (TPSA) is 90.5 Å². The number of nitrogens with zero attached hydrogens (tertiary/aromatic N) is 4. The lowest BCUT2D eigenvalue weighted by molar-refractivity contribution is 0.155. The van der Waals surface area contributed by atoms with Crippen LogP contribution in [0.2, 0.25) is 0 Å². The van der Waals surface area contributed by atoms with E-state index in [9.17, 15) is 0 Å². The molecule has 3 rings (SSSR count). The number of guanidine groups is 1. The Morgan fingerprint density at radius 1 is 1.33 bits per heavy atom. The van der Waals surface area contributed by atoms with Crippen LogP contribution in [0.5, 0.6) is 0 Å². The molecule has 1 aromatic heterocycles. The first-order valence-corrected chi connectivity index (χ1v) is 10.5. The number of aliphatic imine (C=N–C) groups is 1. The van der Waals surface area contributed by atoms with Crippen molar-refractivity contribution in [3.63, 3.8) is 0 Å². The number of H-pyrrole nitrogens is 1. The molecule has 0 radical (unpaired) electrons. The molecule has 0 saturated carbocycles. The Hall–Kier alpha value is -1.72. The number of piperidine rings is 1. The Morgan fingerprint density at radius 2 is 2.17 bits per heavy atom. The Labute approximate surface area is 196 Å². The van der Waals surface area contributed by atoms with E-state index >= 15 is 0 Å². The van der Waals surface area contributed by atoms with Gasteiger partial charge in [0.2, 0.25) is 0 Å². The van der Waals surface area contributed by atoms with Gasteiger partial charge in [0.15, 0.2) is 11.8 Å². The van der Waals surface area contributed by atoms with E-state index in [1.807, 2.05) is 12.1 Å². The molecule has 1 aliphatic heterocycles. The lowest BCUT2D eigenvalue weighted by Crippen LogP contribution is -2.48. The monoisotopic (exact) mass is 527 g/mol. The van der Waals surface area contributed by atoms with E-state index in [1.165, 1.54) is 6.33 Å². The third-order valence-electron chi connectivity index (χ3n) is 5.13. The minimum absolute atomic E-state index is 0. The second-order valence-corrected chi connectivity index (χ2v) is 7.34. The third kappa shape index (κ3) is 7.84. The second-order valence-electron chi connectivity index (χ2n) is 7.34. The van der Waals surface area contributed by atoms with Crippen molar-refractivity contribution in [2.45, 2.75) is 38.8 Å². The van der Waals surface area contributed by atoms with Crippen LogP contribution in [0, 0.1) is 0 Å². The second kappa shape index (κ2) is 13.6. The molecule has 1 aromatic carbocycles. The summed E-state index contributed by atoms with van der Waals surface area (Å²) in [7, 11) is 1.77. The van der Waals surface area contributed by atoms with Gasteiger partial charge in [-0.3, -0.25) is 5.10 Å². The maximum atomic E-state index is 5.15. The molecule has 0 bridgehead atoms. The largest absolute Gasteiger partial charge is 0.385 e. The van der Waals surface area contributed by atoms with Crippen LogP contribution in [-0.4, -0.2) is 72.0 Å². The van der Waals surface area contributed by atoms with Crippen molar-refractivity contribution in [1.29, 1.82) is 0 Å². The van der Waals surface area contributed by atoms with Crippen molar-refractivity contribution in [3.05, 3.63) is 36.2 Å². The maximum absolute atomic E-state index is 5.15. The first-order valence-electron chi connectivity index (χ1n) is 10.5. The molecule has 0 spiro atoms. The van der Waals surface area contributed by atoms with Gasteiger partial charge in [0, 0.05) is 51.5 Å². The Balaban J connectivity index is 0.00000320. The minimum Gasteiger partial charge on any atom is -0.385 e. The summed E-state index contributed by atoms with van der Waals surface area (Å²) in [6, 6.07) is 8.71. The van der Waals surface area contributed by atoms with E-state index < -0.39 is 0 Å². The quantitative estimate of drug-likeness (QED) is 0.201. The van der Waals surface area contributed by atoms with Crippen molar-refractivity contribution < 1.29 is 4.74 Å². The molecule has 1 fully saturated rings. The summed E-state index contributed by atoms with van der Waals surface area (Å²) in [4.78, 5) is 11.5. The molecule has 30 heavy (non-hydrogen) atoms. The van der Waals surface area contributed by atoms with Gasteiger partial charge in [-0.05, 0) is 37.8 Å². The number of likely N-dealkylation sites (tertiary alicyclic amines) is 1. The molecule has 8 nitrogen and oxygen atoms in total. The Morgan fingerprint density at radius 3 is 2.87 bits per heavy atom. The standard InChI is InChI=1S/C21H33N7O.HI/c1-3-22-21(26-19-8-11-28(12-9-19)10-5-13-29-2)23-15-17-6-4-7-18(14-17)20-24-16-25-27-20;/h4,6-7,14,16,19H,3,5,8-13,15H2,1-2H3,(H2,22,23,26)(H,24,25,27);1H. The summed E-state index contributed by atoms with van der Waals surface area (Å²) < 4.78 is 5.15. The van der Waals surface area contributed by atoms with Crippen molar-refractivity contribution in [3.8, 4) is 11.4 Å². The molecule has 0 amide bonds. The number of aromatic nitrogens is 3. The molecule has 9 heteroatoms. The highest BCUT2D eigenvalue weighted by Gasteiger charge is 2.19. The van der Waals surface area contributed by atoms with Crippen LogP contribution in [0.4, 0.5) is 0 Å². The zero-order chi connectivity index (χ0) is 20.3. The van der Waals surface area contributed by atoms with Gasteiger partial charge in [-0.1, -0.05) is 18.2 Å². The maximum Gasteiger partial charge on any atom is 0.191 e. The zero-order valence-electron chi connectivity index (χ0n) is 17.9. The van der Waals surface area contributed by atoms with Crippen LogP contribution in [0.25, 0.3) is 11.4 Å². The van der Waals surface area contributed by atoms with Gasteiger partial charge in [0.1, 0.15) is 6.33 Å². The van der Waals surface area contributed by atoms with E-state index in [0.29, 0.717) is 12.6 Å². The van der Waals surface area contributed by atoms with Crippen LogP contribution >= 0.6 is 24.0 Å². The third-order valence-corrected chi connectivity index (χ3v) is 5.13. The molecule has 3 N–H and O–H groups in total. The number of rotatable bonds is 9. The van der Waals surface area contributed by atoms with E-state index in [4.69, 9.17) is 9.73 Å². The highest BCUT2D eigenvalue weighted by molar-refractivity contribution is 14.0. The minimum atomic E-state index is 0. The molecule has 2 heterocycles. The van der Waals surface area contributed by atoms with Gasteiger partial charge < -0.3 is 20.3 Å². The van der Waals surface area contributed by atoms with Crippen molar-refractivity contribution in [2.24, 2.45) is 4.99 Å². The number of nitrogens with one attached hydrogen (secondary N) is 3. The number of aromatic amines is 1. The van der Waals surface area contributed by atoms with Crippen molar-refractivity contribution in [1.82, 2.24) is 30.7 Å². The average Bonchev–Trinajstić information content (AvgIpc) is 3.29. The normalized spacial score (nSPS) is 15.6. The lowest BCUT2D eigenvalue weighted by atomic mass is 10.1. The predicted octanol–water partition coefficient (Wildman–Crippen LogP) is 2.65. The van der Waals surface area contributed by atoms with E-state index in [-0.39, 0.29) is 24.0 Å². The van der Waals surface area contributed by atoms with Crippen LogP contribution in [0.1, 0.15) is 31.7 Å². The number of halogens is 1. The fraction of sp³-hybridized carbons (Fsp3) is 0.571. The smallest absolute Gasteiger partial charge is 0.191 e. The molecule has 0 atom stereocenters. The Bertz CT molecular complexity index is 746. The number of hydrogen-bond donors (Lipinski definition) is 3. The summed E-state index contributed by atoms with van der Waals surface area (Å²) >= 11 is 0. The van der Waals surface area contributed by atoms with E-state index in [0.717, 1.165) is 75.0 Å². The number of methoxy groups -OCH3 is 1. The fourth-order valence-electron chi connectivity index (χ4n) is 3.58. The zero-order valence-corrected chi connectivity index (χ0v) is 20.3. The molecule has 1 aliphatic rings. The molecule has 0 unspecified atom stereocenters. The van der Waals surface area contributed by atoms with Gasteiger partial charge >= 0.3 is 0 Å². The number of ether oxygens (including phenoxy) is 1. The summed E-state index contributed by atoms with van der Waals surface area (Å²) in [5.41, 5.74) is 2.16. The van der Waals surface area contributed by atoms with Crippen LogP contribution in [-0.2, 0) is 11.3 Å². The first-order chi connectivity index (χ1) is 14.3. The number of benzene rings is 1. The summed E-state index contributed by atoms with van der Waals surface area (Å²) in [6.45, 7) is 7.77. The van der Waals surface area contributed by atoms with Gasteiger partial charge in [-0.25, -0.2) is 9.98 Å². The van der Waals surface area contributed by atoms with Crippen LogP contribution < -0.4 is 10.6 Å². The van der Waals surface area contributed by atoms with Gasteiger partial charge in [-0.2, -0.15) is 5.10 Å². The van der Waals surface area contributed by atoms with E-state index in [1.54, 1.807) is 7.11 Å². The number of hydrogen-bond acceptors (Lipinski definition) is 5. The fourth-order valence-corrected chi connectivity index (χ4v) is 3.58. The van der Waals surface area contributed by atoms with Crippen molar-refractivity contribution >= 4 is 29.9 Å². The summed E-state index contributed by atoms with van der Waals surface area (Å²) in [5.74, 6) is 1.66. The molecule has 166 valence electrons. The SMILES string of the molecule is CCNC(=NCc1cccc(-c2ncn[nH]2)c1)NC1CCN(CCCOC)CC1.I. The Kier molecular flexibility index (Phi) is 11.1. The average molecular weight is 527 g/mol. The molecule has 1 saturated heterocycles. The van der Waals surface area contributed by atoms with Crippen LogP contribution in [0.15, 0.2) is 35.6 Å². The molecule has 2 aromatic rings. The summed E-state index contributed by atoms with van der Waals surface area (Å²) in [6.07, 6.45) is 4.90. The molecule has 0 aliphatic carbocycles. The van der Waals surface area contributed by atoms with Gasteiger partial charge in [0.05, 0.1) is 6.54 Å². The first kappa shape index (κ1) is 24.5. The van der Waals surface area contributed by atoms with Crippen LogP contribution in [0.3, 0.4) is 0 Å². The molecular weight excluding hydrogens is 493 g/mol. The highest BCUT2D eigenvalue weighted by atomic mass is 127. The van der Waals surface area contributed by atoms with Gasteiger partial charge in [-0.15, -0.1) is 24.0 Å². The summed E-state index contributed by atoms with van der Waals surface area (Å²) in [5, 5.41) is 13.8. The van der Waals surface area contributed by atoms with Gasteiger partial charge in [0.25, 0.3) is 0 Å². The highest BCUT2D eigenvalue weighted by Crippen LogP contribution is 2.16. The lowest BCUT2D eigenvalue weighted by Gasteiger charge is -2.33. The molecular formula is C21H34IN7O. The van der Waals surface area contributed by atoms with Crippen molar-refractivity contribution in [2.75, 3.05) is 39.9 Å².